The molecule has 1 saturated carbocycles. The molecule has 2 aromatic heterocycles. The van der Waals surface area contributed by atoms with Crippen molar-refractivity contribution in [3.05, 3.63) is 64.7 Å². The lowest BCUT2D eigenvalue weighted by Crippen LogP contribution is -2.42. The predicted molar refractivity (Wildman–Crippen MR) is 124 cm³/mol. The van der Waals surface area contributed by atoms with Crippen molar-refractivity contribution in [2.45, 2.75) is 38.4 Å². The third-order valence-corrected chi connectivity index (χ3v) is 5.66. The lowest BCUT2D eigenvalue weighted by atomic mass is 9.85. The Bertz CT molecular complexity index is 1230. The Morgan fingerprint density at radius 1 is 1.30 bits per heavy atom. The maximum absolute atomic E-state index is 12.8. The first-order valence-electron chi connectivity index (χ1n) is 10.9. The largest absolute Gasteiger partial charge is 0.404 e. The van der Waals surface area contributed by atoms with Crippen LogP contribution in [-0.2, 0) is 16.1 Å². The zero-order valence-electron chi connectivity index (χ0n) is 18.4. The van der Waals surface area contributed by atoms with Crippen LogP contribution in [0.4, 0.5) is 0 Å². The van der Waals surface area contributed by atoms with Crippen LogP contribution in [0, 0.1) is 5.92 Å². The molecule has 0 saturated heterocycles. The number of benzene rings is 1. The molecular formula is C23H27N7O3. The van der Waals surface area contributed by atoms with Crippen LogP contribution in [0.3, 0.4) is 0 Å². The molecule has 10 heteroatoms. The van der Waals surface area contributed by atoms with Gasteiger partial charge in [-0.25, -0.2) is 4.98 Å². The molecule has 172 valence electrons. The molecular weight excluding hydrogens is 422 g/mol. The van der Waals surface area contributed by atoms with Crippen molar-refractivity contribution < 1.29 is 9.53 Å². The van der Waals surface area contributed by atoms with Crippen LogP contribution in [0.25, 0.3) is 17.2 Å². The Labute approximate surface area is 190 Å². The molecule has 1 aromatic carbocycles. The van der Waals surface area contributed by atoms with Crippen molar-refractivity contribution in [2.75, 3.05) is 7.05 Å². The van der Waals surface area contributed by atoms with Crippen molar-refractivity contribution in [2.24, 2.45) is 16.6 Å². The molecule has 0 radical (unpaired) electrons. The number of amidine groups is 1. The van der Waals surface area contributed by atoms with Gasteiger partial charge in [0, 0.05) is 18.7 Å². The number of amides is 1. The van der Waals surface area contributed by atoms with E-state index in [-0.39, 0.29) is 35.9 Å². The number of hydrogen-bond donors (Lipinski definition) is 3. The summed E-state index contributed by atoms with van der Waals surface area (Å²) in [6, 6.07) is 10.9. The Hall–Kier alpha value is -3.79. The summed E-state index contributed by atoms with van der Waals surface area (Å²) in [5.41, 5.74) is 6.46. The van der Waals surface area contributed by atoms with Gasteiger partial charge in [-0.3, -0.25) is 19.7 Å². The lowest BCUT2D eigenvalue weighted by molar-refractivity contribution is -0.131. The Morgan fingerprint density at radius 2 is 2.09 bits per heavy atom. The van der Waals surface area contributed by atoms with Gasteiger partial charge in [0.15, 0.2) is 5.82 Å². The molecule has 4 rings (SSSR count). The average Bonchev–Trinajstić information content (AvgIpc) is 3.28. The van der Waals surface area contributed by atoms with Gasteiger partial charge in [0.1, 0.15) is 5.84 Å². The predicted octanol–water partition coefficient (Wildman–Crippen LogP) is 1.78. The summed E-state index contributed by atoms with van der Waals surface area (Å²) in [6.07, 6.45) is 5.98. The smallest absolute Gasteiger partial charge is 0.274 e. The molecule has 2 heterocycles. The number of aromatic amines is 1. The zero-order valence-corrected chi connectivity index (χ0v) is 18.4. The number of nitrogens with one attached hydrogen (secondary N) is 2. The number of nitrogens with zero attached hydrogens (tertiary/aromatic N) is 4. The Balaban J connectivity index is 1.48. The number of nitrogens with two attached hydrogens (primary N) is 1. The molecule has 4 N–H and O–H groups in total. The van der Waals surface area contributed by atoms with Crippen molar-refractivity contribution >= 4 is 17.5 Å². The number of aliphatic imine (C=N–C) groups is 1. The van der Waals surface area contributed by atoms with Gasteiger partial charge in [0.05, 0.1) is 24.3 Å². The third kappa shape index (κ3) is 5.17. The van der Waals surface area contributed by atoms with Gasteiger partial charge in [-0.2, -0.15) is 9.50 Å². The Morgan fingerprint density at radius 3 is 2.85 bits per heavy atom. The number of aromatic nitrogens is 4. The maximum atomic E-state index is 12.8. The maximum Gasteiger partial charge on any atom is 0.274 e. The lowest BCUT2D eigenvalue weighted by Gasteiger charge is -2.30. The standard InChI is InChI=1S/C23H27N7O3/c1-25-19(11-12-24)27-22(32)17-9-5-6-10-18(17)33-14-16-13-20(31)30-23(26-16)28-21(29-30)15-7-3-2-4-8-15/h2-4,7-8,11-13,17-18H,5-6,9-10,14,24H2,1H3,(H,25,27,32)(H,26,28,29). The van der Waals surface area contributed by atoms with Crippen molar-refractivity contribution in [3.8, 4) is 11.4 Å². The first-order valence-corrected chi connectivity index (χ1v) is 10.9. The first kappa shape index (κ1) is 22.4. The molecule has 10 nitrogen and oxygen atoms in total. The number of carbonyl (C=O) groups is 1. The van der Waals surface area contributed by atoms with Crippen molar-refractivity contribution in [1.29, 1.82) is 0 Å². The molecule has 0 bridgehead atoms. The molecule has 1 aliphatic rings. The van der Waals surface area contributed by atoms with Crippen LogP contribution in [0.5, 0.6) is 0 Å². The number of fused-ring (bicyclic) bond motifs is 1. The number of rotatable bonds is 6. The Kier molecular flexibility index (Phi) is 6.94. The van der Waals surface area contributed by atoms with E-state index >= 15 is 0 Å². The summed E-state index contributed by atoms with van der Waals surface area (Å²) in [5, 5.41) is 5.78. The fourth-order valence-corrected chi connectivity index (χ4v) is 4.00. The van der Waals surface area contributed by atoms with E-state index in [1.807, 2.05) is 30.3 Å². The van der Waals surface area contributed by atoms with E-state index in [0.717, 1.165) is 31.2 Å². The molecule has 0 spiro atoms. The van der Waals surface area contributed by atoms with Gasteiger partial charge in [-0.1, -0.05) is 43.2 Å². The highest BCUT2D eigenvalue weighted by molar-refractivity contribution is 6.04. The molecule has 1 amide bonds. The molecule has 3 aromatic rings. The van der Waals surface area contributed by atoms with Crippen LogP contribution in [0.1, 0.15) is 31.4 Å². The van der Waals surface area contributed by atoms with Crippen LogP contribution in [0.15, 0.2) is 58.5 Å². The molecule has 1 fully saturated rings. The van der Waals surface area contributed by atoms with Gasteiger partial charge < -0.3 is 15.8 Å². The topological polar surface area (TPSA) is 140 Å². The fraction of sp³-hybridized carbons (Fsp3) is 0.348. The van der Waals surface area contributed by atoms with E-state index in [4.69, 9.17) is 10.5 Å². The number of ether oxygens (including phenoxy) is 1. The summed E-state index contributed by atoms with van der Waals surface area (Å²) in [5.74, 6) is 0.764. The zero-order chi connectivity index (χ0) is 23.2. The highest BCUT2D eigenvalue weighted by atomic mass is 16.5. The summed E-state index contributed by atoms with van der Waals surface area (Å²) >= 11 is 0. The number of hydrogen-bond acceptors (Lipinski definition) is 7. The summed E-state index contributed by atoms with van der Waals surface area (Å²) in [7, 11) is 1.59. The van der Waals surface area contributed by atoms with Crippen LogP contribution in [-0.4, -0.2) is 44.5 Å². The molecule has 2 unspecified atom stereocenters. The SMILES string of the molecule is CN=C(C=CN)NC(=O)C1CCCCC1OCc1cc(=O)n2[nH]c(-c3ccccc3)nc2n1. The average molecular weight is 450 g/mol. The van der Waals surface area contributed by atoms with E-state index in [2.05, 4.69) is 25.4 Å². The fourth-order valence-electron chi connectivity index (χ4n) is 4.00. The van der Waals surface area contributed by atoms with Crippen molar-refractivity contribution in [3.63, 3.8) is 0 Å². The van der Waals surface area contributed by atoms with Gasteiger partial charge in [0.25, 0.3) is 11.3 Å². The quantitative estimate of drug-likeness (QED) is 0.387. The molecule has 1 aliphatic carbocycles. The molecule has 33 heavy (non-hydrogen) atoms. The number of carbonyl (C=O) groups excluding carboxylic acids is 1. The van der Waals surface area contributed by atoms with E-state index < -0.39 is 0 Å². The van der Waals surface area contributed by atoms with E-state index in [1.54, 1.807) is 7.05 Å². The van der Waals surface area contributed by atoms with Gasteiger partial charge in [-0.15, -0.1) is 0 Å². The van der Waals surface area contributed by atoms with E-state index in [9.17, 15) is 9.59 Å². The minimum atomic E-state index is -0.318. The van der Waals surface area contributed by atoms with Crippen LogP contribution < -0.4 is 16.6 Å². The van der Waals surface area contributed by atoms with Crippen LogP contribution >= 0.6 is 0 Å². The minimum Gasteiger partial charge on any atom is -0.404 e. The molecule has 2 atom stereocenters. The normalized spacial score (nSPS) is 19.2. The van der Waals surface area contributed by atoms with Gasteiger partial charge >= 0.3 is 0 Å². The summed E-state index contributed by atoms with van der Waals surface area (Å²) in [4.78, 5) is 38.3. The van der Waals surface area contributed by atoms with E-state index in [0.29, 0.717) is 17.4 Å². The third-order valence-electron chi connectivity index (χ3n) is 5.66. The highest BCUT2D eigenvalue weighted by Gasteiger charge is 2.32. The summed E-state index contributed by atoms with van der Waals surface area (Å²) < 4.78 is 7.39. The second-order valence-electron chi connectivity index (χ2n) is 7.86. The van der Waals surface area contributed by atoms with Crippen LogP contribution in [0.2, 0.25) is 0 Å². The van der Waals surface area contributed by atoms with Gasteiger partial charge in [-0.05, 0) is 25.1 Å². The highest BCUT2D eigenvalue weighted by Crippen LogP contribution is 2.28. The second-order valence-corrected chi connectivity index (χ2v) is 7.86. The minimum absolute atomic E-state index is 0.116. The number of H-pyrrole nitrogens is 1. The first-order chi connectivity index (χ1) is 16.1. The van der Waals surface area contributed by atoms with E-state index in [1.165, 1.54) is 22.9 Å². The van der Waals surface area contributed by atoms with Gasteiger partial charge in [0.2, 0.25) is 5.91 Å². The summed E-state index contributed by atoms with van der Waals surface area (Å²) in [6.45, 7) is 0.116. The monoisotopic (exact) mass is 449 g/mol. The van der Waals surface area contributed by atoms with Crippen molar-refractivity contribution in [1.82, 2.24) is 24.9 Å². The second kappa shape index (κ2) is 10.2. The molecule has 0 aliphatic heterocycles.